The summed E-state index contributed by atoms with van der Waals surface area (Å²) in [5.74, 6) is 0.258. The van der Waals surface area contributed by atoms with Crippen LogP contribution in [-0.2, 0) is 6.18 Å². The predicted molar refractivity (Wildman–Crippen MR) is 95.8 cm³/mol. The summed E-state index contributed by atoms with van der Waals surface area (Å²) in [4.78, 5) is 23.8. The number of hydrogen-bond donors (Lipinski definition) is 0. The van der Waals surface area contributed by atoms with Gasteiger partial charge in [0.25, 0.3) is 5.91 Å². The third-order valence-electron chi connectivity index (χ3n) is 4.76. The summed E-state index contributed by atoms with van der Waals surface area (Å²) in [6, 6.07) is 6.56. The van der Waals surface area contributed by atoms with Crippen LogP contribution in [0.25, 0.3) is 0 Å². The average Bonchev–Trinajstić information content (AvgIpc) is 2.62. The molecule has 1 fully saturated rings. The number of benzene rings is 1. The van der Waals surface area contributed by atoms with Crippen molar-refractivity contribution in [1.82, 2.24) is 14.9 Å². The quantitative estimate of drug-likeness (QED) is 0.804. The highest BCUT2D eigenvalue weighted by Gasteiger charge is 2.34. The second-order valence-electron chi connectivity index (χ2n) is 6.73. The Morgan fingerprint density at radius 3 is 2.22 bits per heavy atom. The van der Waals surface area contributed by atoms with Crippen LogP contribution in [0.5, 0.6) is 0 Å². The minimum Gasteiger partial charge on any atom is -0.353 e. The van der Waals surface area contributed by atoms with Crippen molar-refractivity contribution < 1.29 is 18.0 Å². The van der Waals surface area contributed by atoms with Crippen LogP contribution in [0.15, 0.2) is 24.3 Å². The lowest BCUT2D eigenvalue weighted by molar-refractivity contribution is -0.141. The smallest absolute Gasteiger partial charge is 0.353 e. The highest BCUT2D eigenvalue weighted by Crippen LogP contribution is 2.30. The summed E-state index contributed by atoms with van der Waals surface area (Å²) >= 11 is 0. The van der Waals surface area contributed by atoms with E-state index in [2.05, 4.69) is 9.97 Å². The maximum absolute atomic E-state index is 13.0. The number of piperazine rings is 1. The third-order valence-corrected chi connectivity index (χ3v) is 4.76. The first-order valence-electron chi connectivity index (χ1n) is 8.69. The number of anilines is 1. The number of amides is 1. The number of rotatable bonds is 2. The van der Waals surface area contributed by atoms with E-state index in [4.69, 9.17) is 0 Å². The first-order chi connectivity index (χ1) is 12.6. The van der Waals surface area contributed by atoms with Crippen molar-refractivity contribution in [2.24, 2.45) is 0 Å². The number of nitrogens with zero attached hydrogens (tertiary/aromatic N) is 4. The van der Waals surface area contributed by atoms with Gasteiger partial charge in [-0.25, -0.2) is 9.97 Å². The van der Waals surface area contributed by atoms with Crippen molar-refractivity contribution in [2.45, 2.75) is 26.9 Å². The Morgan fingerprint density at radius 1 is 0.963 bits per heavy atom. The van der Waals surface area contributed by atoms with Gasteiger partial charge in [-0.15, -0.1) is 0 Å². The van der Waals surface area contributed by atoms with Gasteiger partial charge in [-0.2, -0.15) is 13.2 Å². The molecule has 1 aliphatic rings. The van der Waals surface area contributed by atoms with Crippen molar-refractivity contribution in [3.05, 3.63) is 52.5 Å². The Hall–Kier alpha value is -2.64. The molecule has 0 atom stereocenters. The Kier molecular flexibility index (Phi) is 5.08. The lowest BCUT2D eigenvalue weighted by Gasteiger charge is -2.35. The summed E-state index contributed by atoms with van der Waals surface area (Å²) in [7, 11) is 0. The number of halogens is 3. The van der Waals surface area contributed by atoms with Crippen LogP contribution in [0.1, 0.15) is 33.0 Å². The monoisotopic (exact) mass is 378 g/mol. The molecule has 0 saturated carbocycles. The van der Waals surface area contributed by atoms with Gasteiger partial charge in [0.2, 0.25) is 0 Å². The third kappa shape index (κ3) is 4.20. The van der Waals surface area contributed by atoms with Crippen molar-refractivity contribution in [3.8, 4) is 0 Å². The van der Waals surface area contributed by atoms with E-state index in [1.807, 2.05) is 26.0 Å². The lowest BCUT2D eigenvalue weighted by atomic mass is 10.1. The first-order valence-corrected chi connectivity index (χ1v) is 8.69. The zero-order chi connectivity index (χ0) is 19.8. The van der Waals surface area contributed by atoms with Crippen LogP contribution in [0.3, 0.4) is 0 Å². The molecule has 0 radical (unpaired) electrons. The lowest BCUT2D eigenvalue weighted by Crippen LogP contribution is -2.49. The standard InChI is InChI=1S/C19H21F3N4O/c1-12-4-5-15(10-13(12)2)18(27)26-8-6-25(7-9-26)17-11-16(19(20,21)22)23-14(3)24-17/h4-5,10-11H,6-9H2,1-3H3. The minimum atomic E-state index is -4.51. The molecule has 2 heterocycles. The van der Waals surface area contributed by atoms with E-state index in [1.54, 1.807) is 15.9 Å². The molecule has 1 aromatic carbocycles. The van der Waals surface area contributed by atoms with Crippen LogP contribution in [0.4, 0.5) is 19.0 Å². The van der Waals surface area contributed by atoms with E-state index < -0.39 is 11.9 Å². The van der Waals surface area contributed by atoms with Crippen LogP contribution in [0, 0.1) is 20.8 Å². The van der Waals surface area contributed by atoms with Crippen LogP contribution in [-0.4, -0.2) is 47.0 Å². The van der Waals surface area contributed by atoms with Crippen molar-refractivity contribution in [2.75, 3.05) is 31.1 Å². The number of carbonyl (C=O) groups is 1. The highest BCUT2D eigenvalue weighted by molar-refractivity contribution is 5.94. The fourth-order valence-corrected chi connectivity index (χ4v) is 3.05. The second kappa shape index (κ2) is 7.17. The SMILES string of the molecule is Cc1nc(N2CCN(C(=O)c3ccc(C)c(C)c3)CC2)cc(C(F)(F)F)n1. The summed E-state index contributed by atoms with van der Waals surface area (Å²) in [5, 5.41) is 0. The topological polar surface area (TPSA) is 49.3 Å². The summed E-state index contributed by atoms with van der Waals surface area (Å²) in [6.07, 6.45) is -4.51. The number of carbonyl (C=O) groups excluding carboxylic acids is 1. The van der Waals surface area contributed by atoms with Gasteiger partial charge in [0.05, 0.1) is 0 Å². The van der Waals surface area contributed by atoms with Gasteiger partial charge in [-0.3, -0.25) is 4.79 Å². The number of aryl methyl sites for hydroxylation is 3. The molecule has 8 heteroatoms. The molecule has 1 aromatic heterocycles. The van der Waals surface area contributed by atoms with Crippen molar-refractivity contribution >= 4 is 11.7 Å². The van der Waals surface area contributed by atoms with Gasteiger partial charge >= 0.3 is 6.18 Å². The van der Waals surface area contributed by atoms with Gasteiger partial charge in [0, 0.05) is 37.8 Å². The van der Waals surface area contributed by atoms with Gasteiger partial charge in [-0.05, 0) is 44.0 Å². The van der Waals surface area contributed by atoms with Gasteiger partial charge in [0.1, 0.15) is 17.3 Å². The first kappa shape index (κ1) is 19.1. The fourth-order valence-electron chi connectivity index (χ4n) is 3.05. The largest absolute Gasteiger partial charge is 0.433 e. The van der Waals surface area contributed by atoms with Crippen LogP contribution in [0.2, 0.25) is 0 Å². The summed E-state index contributed by atoms with van der Waals surface area (Å²) in [6.45, 7) is 7.08. The zero-order valence-corrected chi connectivity index (χ0v) is 15.5. The molecular formula is C19H21F3N4O. The molecule has 2 aromatic rings. The van der Waals surface area contributed by atoms with Crippen LogP contribution < -0.4 is 4.90 Å². The molecule has 1 aliphatic heterocycles. The molecule has 0 unspecified atom stereocenters. The highest BCUT2D eigenvalue weighted by atomic mass is 19.4. The number of hydrogen-bond acceptors (Lipinski definition) is 4. The van der Waals surface area contributed by atoms with Gasteiger partial charge in [-0.1, -0.05) is 6.07 Å². The van der Waals surface area contributed by atoms with E-state index in [0.29, 0.717) is 31.7 Å². The molecule has 3 rings (SSSR count). The summed E-state index contributed by atoms with van der Waals surface area (Å²) in [5.41, 5.74) is 1.86. The number of alkyl halides is 3. The minimum absolute atomic E-state index is 0.0624. The Balaban J connectivity index is 1.71. The zero-order valence-electron chi connectivity index (χ0n) is 15.5. The molecule has 5 nitrogen and oxygen atoms in total. The molecule has 0 N–H and O–H groups in total. The Labute approximate surface area is 155 Å². The Bertz CT molecular complexity index is 859. The van der Waals surface area contributed by atoms with Crippen LogP contribution >= 0.6 is 0 Å². The van der Waals surface area contributed by atoms with E-state index in [-0.39, 0.29) is 17.5 Å². The van der Waals surface area contributed by atoms with Gasteiger partial charge in [0.15, 0.2) is 0 Å². The molecule has 1 saturated heterocycles. The maximum atomic E-state index is 13.0. The normalized spacial score (nSPS) is 15.2. The second-order valence-corrected chi connectivity index (χ2v) is 6.73. The van der Waals surface area contributed by atoms with E-state index in [1.165, 1.54) is 6.92 Å². The van der Waals surface area contributed by atoms with E-state index in [0.717, 1.165) is 17.2 Å². The summed E-state index contributed by atoms with van der Waals surface area (Å²) < 4.78 is 38.9. The van der Waals surface area contributed by atoms with Crippen molar-refractivity contribution in [3.63, 3.8) is 0 Å². The molecular weight excluding hydrogens is 357 g/mol. The Morgan fingerprint density at radius 2 is 1.63 bits per heavy atom. The number of aromatic nitrogens is 2. The molecule has 1 amide bonds. The fraction of sp³-hybridized carbons (Fsp3) is 0.421. The molecule has 0 bridgehead atoms. The van der Waals surface area contributed by atoms with E-state index in [9.17, 15) is 18.0 Å². The molecule has 27 heavy (non-hydrogen) atoms. The van der Waals surface area contributed by atoms with Crippen molar-refractivity contribution in [1.29, 1.82) is 0 Å². The molecule has 144 valence electrons. The van der Waals surface area contributed by atoms with Gasteiger partial charge < -0.3 is 9.80 Å². The van der Waals surface area contributed by atoms with E-state index >= 15 is 0 Å². The predicted octanol–water partition coefficient (Wildman–Crippen LogP) is 3.38. The molecule has 0 aliphatic carbocycles. The maximum Gasteiger partial charge on any atom is 0.433 e. The average molecular weight is 378 g/mol. The molecule has 0 spiro atoms.